The van der Waals surface area contributed by atoms with Crippen LogP contribution in [0.4, 0.5) is 11.5 Å². The highest BCUT2D eigenvalue weighted by atomic mass is 15.2. The first-order valence-corrected chi connectivity index (χ1v) is 7.82. The van der Waals surface area contributed by atoms with Crippen LogP contribution >= 0.6 is 0 Å². The van der Waals surface area contributed by atoms with E-state index in [4.69, 9.17) is 4.98 Å². The molecule has 1 atom stereocenters. The van der Waals surface area contributed by atoms with E-state index in [1.165, 1.54) is 11.3 Å². The number of hydrogen-bond donors (Lipinski definition) is 1. The third-order valence-electron chi connectivity index (χ3n) is 4.04. The largest absolute Gasteiger partial charge is 0.370 e. The van der Waals surface area contributed by atoms with Crippen molar-refractivity contribution < 1.29 is 0 Å². The molecule has 1 aliphatic rings. The Morgan fingerprint density at radius 2 is 2.05 bits per heavy atom. The summed E-state index contributed by atoms with van der Waals surface area (Å²) < 4.78 is 0. The van der Waals surface area contributed by atoms with Crippen LogP contribution in [-0.2, 0) is 13.0 Å². The fourth-order valence-corrected chi connectivity index (χ4v) is 2.96. The van der Waals surface area contributed by atoms with E-state index in [2.05, 4.69) is 60.5 Å². The van der Waals surface area contributed by atoms with Gasteiger partial charge in [-0.05, 0) is 43.5 Å². The summed E-state index contributed by atoms with van der Waals surface area (Å²) in [5.74, 6) is 0.981. The lowest BCUT2D eigenvalue weighted by atomic mass is 10.1. The molecule has 0 saturated heterocycles. The minimum atomic E-state index is 0.538. The summed E-state index contributed by atoms with van der Waals surface area (Å²) in [4.78, 5) is 7.19. The number of aromatic nitrogens is 1. The predicted octanol–water partition coefficient (Wildman–Crippen LogP) is 3.85. The minimum Gasteiger partial charge on any atom is -0.370 e. The van der Waals surface area contributed by atoms with Gasteiger partial charge in [-0.1, -0.05) is 31.2 Å². The number of hydrogen-bond acceptors (Lipinski definition) is 3. The second-order valence-corrected chi connectivity index (χ2v) is 5.75. The Hall–Kier alpha value is -2.03. The Bertz CT molecular complexity index is 609. The van der Waals surface area contributed by atoms with Gasteiger partial charge >= 0.3 is 0 Å². The topological polar surface area (TPSA) is 28.2 Å². The molecule has 3 heteroatoms. The SMILES string of the molecule is CCCNc1cccc(CN2c3ccccc3CC2C)n1. The quantitative estimate of drug-likeness (QED) is 0.902. The van der Waals surface area contributed by atoms with Crippen LogP contribution < -0.4 is 10.2 Å². The molecular weight excluding hydrogens is 258 g/mol. The van der Waals surface area contributed by atoms with E-state index >= 15 is 0 Å². The second kappa shape index (κ2) is 6.17. The van der Waals surface area contributed by atoms with Crippen molar-refractivity contribution in [1.29, 1.82) is 0 Å². The van der Waals surface area contributed by atoms with Gasteiger partial charge in [0.05, 0.1) is 12.2 Å². The van der Waals surface area contributed by atoms with Crippen LogP contribution in [0.3, 0.4) is 0 Å². The molecule has 0 bridgehead atoms. The molecule has 0 saturated carbocycles. The van der Waals surface area contributed by atoms with Crippen molar-refractivity contribution in [3.05, 3.63) is 53.7 Å². The number of anilines is 2. The molecule has 2 heterocycles. The fourth-order valence-electron chi connectivity index (χ4n) is 2.96. The zero-order valence-electron chi connectivity index (χ0n) is 12.8. The molecule has 21 heavy (non-hydrogen) atoms. The summed E-state index contributed by atoms with van der Waals surface area (Å²) in [7, 11) is 0. The third-order valence-corrected chi connectivity index (χ3v) is 4.04. The first-order chi connectivity index (χ1) is 10.3. The Morgan fingerprint density at radius 1 is 1.19 bits per heavy atom. The van der Waals surface area contributed by atoms with Crippen molar-refractivity contribution >= 4 is 11.5 Å². The summed E-state index contributed by atoms with van der Waals surface area (Å²) in [5, 5.41) is 3.36. The maximum absolute atomic E-state index is 4.73. The van der Waals surface area contributed by atoms with Gasteiger partial charge in [0.1, 0.15) is 5.82 Å². The zero-order chi connectivity index (χ0) is 14.7. The van der Waals surface area contributed by atoms with Crippen LogP contribution in [0.1, 0.15) is 31.5 Å². The molecule has 1 N–H and O–H groups in total. The van der Waals surface area contributed by atoms with E-state index in [1.54, 1.807) is 0 Å². The highest BCUT2D eigenvalue weighted by molar-refractivity contribution is 5.59. The second-order valence-electron chi connectivity index (χ2n) is 5.75. The van der Waals surface area contributed by atoms with Gasteiger partial charge in [-0.15, -0.1) is 0 Å². The maximum Gasteiger partial charge on any atom is 0.126 e. The zero-order valence-corrected chi connectivity index (χ0v) is 12.8. The first-order valence-electron chi connectivity index (χ1n) is 7.82. The van der Waals surface area contributed by atoms with Crippen LogP contribution in [0.5, 0.6) is 0 Å². The van der Waals surface area contributed by atoms with Gasteiger partial charge in [0, 0.05) is 18.3 Å². The van der Waals surface area contributed by atoms with Gasteiger partial charge in [-0.3, -0.25) is 0 Å². The van der Waals surface area contributed by atoms with Gasteiger partial charge in [0.25, 0.3) is 0 Å². The molecule has 0 spiro atoms. The van der Waals surface area contributed by atoms with Crippen molar-refractivity contribution in [3.8, 4) is 0 Å². The van der Waals surface area contributed by atoms with Gasteiger partial charge in [0.15, 0.2) is 0 Å². The Morgan fingerprint density at radius 3 is 2.90 bits per heavy atom. The number of pyridine rings is 1. The summed E-state index contributed by atoms with van der Waals surface area (Å²) in [6.45, 7) is 6.30. The lowest BCUT2D eigenvalue weighted by Crippen LogP contribution is -2.29. The van der Waals surface area contributed by atoms with Crippen LogP contribution in [0.15, 0.2) is 42.5 Å². The molecule has 0 aliphatic carbocycles. The minimum absolute atomic E-state index is 0.538. The number of benzene rings is 1. The van der Waals surface area contributed by atoms with E-state index in [0.717, 1.165) is 37.4 Å². The molecule has 0 fully saturated rings. The van der Waals surface area contributed by atoms with Crippen LogP contribution in [0, 0.1) is 0 Å². The third kappa shape index (κ3) is 3.02. The van der Waals surface area contributed by atoms with Gasteiger partial charge < -0.3 is 10.2 Å². The van der Waals surface area contributed by atoms with Crippen molar-refractivity contribution in [2.45, 2.75) is 39.3 Å². The monoisotopic (exact) mass is 281 g/mol. The molecule has 1 unspecified atom stereocenters. The number of fused-ring (bicyclic) bond motifs is 1. The first kappa shape index (κ1) is 13.9. The normalized spacial score (nSPS) is 16.9. The van der Waals surface area contributed by atoms with Gasteiger partial charge in [-0.25, -0.2) is 4.98 Å². The molecule has 1 aromatic heterocycles. The lowest BCUT2D eigenvalue weighted by molar-refractivity contribution is 0.665. The molecule has 2 aromatic rings. The molecule has 3 rings (SSSR count). The van der Waals surface area contributed by atoms with Crippen LogP contribution in [-0.4, -0.2) is 17.6 Å². The van der Waals surface area contributed by atoms with Crippen molar-refractivity contribution in [1.82, 2.24) is 4.98 Å². The van der Waals surface area contributed by atoms with Gasteiger partial charge in [-0.2, -0.15) is 0 Å². The van der Waals surface area contributed by atoms with E-state index in [1.807, 2.05) is 6.07 Å². The van der Waals surface area contributed by atoms with Crippen LogP contribution in [0.25, 0.3) is 0 Å². The number of rotatable bonds is 5. The number of para-hydroxylation sites is 1. The predicted molar refractivity (Wildman–Crippen MR) is 88.8 cm³/mol. The molecule has 3 nitrogen and oxygen atoms in total. The van der Waals surface area contributed by atoms with Crippen LogP contribution in [0.2, 0.25) is 0 Å². The summed E-state index contributed by atoms with van der Waals surface area (Å²) >= 11 is 0. The Kier molecular flexibility index (Phi) is 4.09. The highest BCUT2D eigenvalue weighted by Crippen LogP contribution is 2.32. The van der Waals surface area contributed by atoms with Crippen molar-refractivity contribution in [2.24, 2.45) is 0 Å². The molecule has 0 radical (unpaired) electrons. The van der Waals surface area contributed by atoms with E-state index in [0.29, 0.717) is 6.04 Å². The smallest absolute Gasteiger partial charge is 0.126 e. The van der Waals surface area contributed by atoms with Crippen molar-refractivity contribution in [2.75, 3.05) is 16.8 Å². The fraction of sp³-hybridized carbons (Fsp3) is 0.389. The molecular formula is C18H23N3. The average molecular weight is 281 g/mol. The summed E-state index contributed by atoms with van der Waals surface area (Å²) in [6.07, 6.45) is 2.24. The standard InChI is InChI=1S/C18H23N3/c1-3-11-19-18-10-6-8-16(20-18)13-21-14(2)12-15-7-4-5-9-17(15)21/h4-10,14H,3,11-13H2,1-2H3,(H,19,20). The highest BCUT2D eigenvalue weighted by Gasteiger charge is 2.25. The number of nitrogens with zero attached hydrogens (tertiary/aromatic N) is 2. The molecule has 0 amide bonds. The summed E-state index contributed by atoms with van der Waals surface area (Å²) in [6, 6.07) is 15.5. The maximum atomic E-state index is 4.73. The molecule has 110 valence electrons. The average Bonchev–Trinajstić information content (AvgIpc) is 2.82. The summed E-state index contributed by atoms with van der Waals surface area (Å²) in [5.41, 5.74) is 3.93. The van der Waals surface area contributed by atoms with Gasteiger partial charge in [0.2, 0.25) is 0 Å². The van der Waals surface area contributed by atoms with E-state index < -0.39 is 0 Å². The number of nitrogens with one attached hydrogen (secondary N) is 1. The van der Waals surface area contributed by atoms with E-state index in [9.17, 15) is 0 Å². The molecule has 1 aromatic carbocycles. The Labute approximate surface area is 127 Å². The lowest BCUT2D eigenvalue weighted by Gasteiger charge is -2.24. The van der Waals surface area contributed by atoms with E-state index in [-0.39, 0.29) is 0 Å². The molecule has 1 aliphatic heterocycles. The Balaban J connectivity index is 1.77. The van der Waals surface area contributed by atoms with Crippen molar-refractivity contribution in [3.63, 3.8) is 0 Å².